The predicted octanol–water partition coefficient (Wildman–Crippen LogP) is 0.924. The fourth-order valence-electron chi connectivity index (χ4n) is 3.33. The molecule has 138 valence electrons. The number of likely N-dealkylation sites (tertiary alicyclic amines) is 1. The third-order valence-electron chi connectivity index (χ3n) is 4.51. The number of fused-ring (bicyclic) bond motifs is 1. The first-order valence-corrected chi connectivity index (χ1v) is 10.2. The second-order valence-electron chi connectivity index (χ2n) is 6.58. The molecule has 1 aromatic carbocycles. The Morgan fingerprint density at radius 1 is 1.54 bits per heavy atom. The number of aromatic nitrogens is 1. The zero-order valence-electron chi connectivity index (χ0n) is 14.4. The number of nitriles is 1. The fourth-order valence-corrected chi connectivity index (χ4v) is 3.88. The second-order valence-corrected chi connectivity index (χ2v) is 8.33. The Kier molecular flexibility index (Phi) is 4.89. The summed E-state index contributed by atoms with van der Waals surface area (Å²) in [6, 6.07) is 6.14. The minimum absolute atomic E-state index is 0.228. The highest BCUT2D eigenvalue weighted by Gasteiger charge is 2.31. The van der Waals surface area contributed by atoms with E-state index in [9.17, 15) is 13.2 Å². The van der Waals surface area contributed by atoms with Crippen LogP contribution in [0.1, 0.15) is 18.4 Å². The van der Waals surface area contributed by atoms with E-state index in [-0.39, 0.29) is 5.91 Å². The van der Waals surface area contributed by atoms with Gasteiger partial charge in [0.2, 0.25) is 15.9 Å². The van der Waals surface area contributed by atoms with E-state index in [4.69, 9.17) is 11.0 Å². The van der Waals surface area contributed by atoms with E-state index in [1.54, 1.807) is 29.3 Å². The van der Waals surface area contributed by atoms with Crippen molar-refractivity contribution in [1.29, 1.82) is 5.26 Å². The third-order valence-corrected chi connectivity index (χ3v) is 5.12. The fraction of sp³-hybridized carbons (Fsp3) is 0.412. The molecule has 8 nitrogen and oxygen atoms in total. The van der Waals surface area contributed by atoms with Crippen molar-refractivity contribution in [1.82, 2.24) is 9.88 Å². The molecule has 1 saturated heterocycles. The monoisotopic (exact) mass is 375 g/mol. The zero-order chi connectivity index (χ0) is 18.9. The van der Waals surface area contributed by atoms with Crippen molar-refractivity contribution in [3.8, 4) is 6.07 Å². The van der Waals surface area contributed by atoms with Crippen LogP contribution in [0.4, 0.5) is 5.69 Å². The second kappa shape index (κ2) is 6.97. The van der Waals surface area contributed by atoms with E-state index in [1.165, 1.54) is 0 Å². The van der Waals surface area contributed by atoms with E-state index < -0.39 is 22.1 Å². The van der Waals surface area contributed by atoms with Gasteiger partial charge in [0.05, 0.1) is 18.4 Å². The van der Waals surface area contributed by atoms with Gasteiger partial charge in [-0.1, -0.05) is 0 Å². The first-order chi connectivity index (χ1) is 12.3. The van der Waals surface area contributed by atoms with Crippen LogP contribution in [0, 0.1) is 11.3 Å². The van der Waals surface area contributed by atoms with E-state index in [0.29, 0.717) is 25.1 Å². The number of nitrogens with one attached hydrogen (secondary N) is 2. The number of anilines is 1. The van der Waals surface area contributed by atoms with Gasteiger partial charge in [0.1, 0.15) is 6.04 Å². The average molecular weight is 375 g/mol. The Hall–Kier alpha value is -2.57. The van der Waals surface area contributed by atoms with Crippen LogP contribution in [0.15, 0.2) is 24.4 Å². The molecule has 2 atom stereocenters. The molecular weight excluding hydrogens is 354 g/mol. The quantitative estimate of drug-likeness (QED) is 0.715. The Balaban J connectivity index is 1.81. The molecule has 4 N–H and O–H groups in total. The number of nitrogens with two attached hydrogens (primary N) is 1. The van der Waals surface area contributed by atoms with Gasteiger partial charge in [0.25, 0.3) is 0 Å². The van der Waals surface area contributed by atoms with Gasteiger partial charge >= 0.3 is 0 Å². The summed E-state index contributed by atoms with van der Waals surface area (Å²) >= 11 is 0. The maximum absolute atomic E-state index is 12.6. The van der Waals surface area contributed by atoms with Gasteiger partial charge in [-0.15, -0.1) is 0 Å². The van der Waals surface area contributed by atoms with Crippen molar-refractivity contribution >= 4 is 32.5 Å². The molecule has 3 rings (SSSR count). The molecule has 1 aliphatic heterocycles. The lowest BCUT2D eigenvalue weighted by molar-refractivity contribution is -0.132. The van der Waals surface area contributed by atoms with Crippen molar-refractivity contribution in [2.45, 2.75) is 31.3 Å². The molecule has 1 aromatic heterocycles. The van der Waals surface area contributed by atoms with Crippen molar-refractivity contribution in [3.05, 3.63) is 30.0 Å². The molecule has 1 amide bonds. The zero-order valence-corrected chi connectivity index (χ0v) is 15.2. The molecule has 0 saturated carbocycles. The van der Waals surface area contributed by atoms with E-state index in [2.05, 4.69) is 15.8 Å². The molecule has 0 aliphatic carbocycles. The van der Waals surface area contributed by atoms with E-state index in [1.807, 2.05) is 0 Å². The maximum atomic E-state index is 12.6. The highest BCUT2D eigenvalue weighted by molar-refractivity contribution is 7.92. The number of nitrogens with zero attached hydrogens (tertiary/aromatic N) is 2. The standard InChI is InChI=1S/C17H21N5O3S/c1-26(24,25)21-12-4-5-16-14(8-12)11(10-20-16)7-15(19)17(23)22-6-2-3-13(22)9-18/h4-5,8,10,13,15,20-21H,2-3,6-7,19H2,1H3. The summed E-state index contributed by atoms with van der Waals surface area (Å²) in [6.07, 6.45) is 4.65. The van der Waals surface area contributed by atoms with Gasteiger partial charge in [-0.05, 0) is 43.0 Å². The molecule has 0 spiro atoms. The predicted molar refractivity (Wildman–Crippen MR) is 98.8 cm³/mol. The summed E-state index contributed by atoms with van der Waals surface area (Å²) in [6.45, 7) is 0.557. The molecule has 2 unspecified atom stereocenters. The van der Waals surface area contributed by atoms with Crippen molar-refractivity contribution in [3.63, 3.8) is 0 Å². The van der Waals surface area contributed by atoms with Crippen LogP contribution in [0.3, 0.4) is 0 Å². The van der Waals surface area contributed by atoms with Gasteiger partial charge in [-0.3, -0.25) is 9.52 Å². The van der Waals surface area contributed by atoms with E-state index in [0.717, 1.165) is 29.1 Å². The number of hydrogen-bond donors (Lipinski definition) is 3. The Morgan fingerprint density at radius 3 is 3.00 bits per heavy atom. The van der Waals surface area contributed by atoms with Gasteiger partial charge in [-0.25, -0.2) is 8.42 Å². The van der Waals surface area contributed by atoms with Crippen LogP contribution in [0.5, 0.6) is 0 Å². The number of hydrogen-bond acceptors (Lipinski definition) is 5. The van der Waals surface area contributed by atoms with Crippen molar-refractivity contribution < 1.29 is 13.2 Å². The van der Waals surface area contributed by atoms with Crippen LogP contribution in [0.2, 0.25) is 0 Å². The topological polar surface area (TPSA) is 132 Å². The highest BCUT2D eigenvalue weighted by Crippen LogP contribution is 2.25. The minimum Gasteiger partial charge on any atom is -0.361 e. The summed E-state index contributed by atoms with van der Waals surface area (Å²) in [5.41, 5.74) is 8.21. The van der Waals surface area contributed by atoms with Gasteiger partial charge < -0.3 is 15.6 Å². The first-order valence-electron chi connectivity index (χ1n) is 8.32. The Bertz CT molecular complexity index is 976. The molecular formula is C17H21N5O3S. The van der Waals surface area contributed by atoms with E-state index >= 15 is 0 Å². The van der Waals surface area contributed by atoms with Crippen LogP contribution in [-0.4, -0.2) is 49.1 Å². The number of H-pyrrole nitrogens is 1. The maximum Gasteiger partial charge on any atom is 0.240 e. The third kappa shape index (κ3) is 3.81. The number of aromatic amines is 1. The molecule has 0 radical (unpaired) electrons. The molecule has 2 aromatic rings. The van der Waals surface area contributed by atoms with Crippen molar-refractivity contribution in [2.24, 2.45) is 5.73 Å². The van der Waals surface area contributed by atoms with Gasteiger partial charge in [-0.2, -0.15) is 5.26 Å². The SMILES string of the molecule is CS(=O)(=O)Nc1ccc2[nH]cc(CC(N)C(=O)N3CCCC3C#N)c2c1. The summed E-state index contributed by atoms with van der Waals surface area (Å²) in [4.78, 5) is 17.2. The molecule has 1 fully saturated rings. The van der Waals surface area contributed by atoms with Crippen LogP contribution in [0.25, 0.3) is 10.9 Å². The summed E-state index contributed by atoms with van der Waals surface area (Å²) in [5, 5.41) is 9.95. The Morgan fingerprint density at radius 2 is 2.31 bits per heavy atom. The lowest BCUT2D eigenvalue weighted by Crippen LogP contribution is -2.46. The molecule has 9 heteroatoms. The smallest absolute Gasteiger partial charge is 0.240 e. The molecule has 0 bridgehead atoms. The number of rotatable bonds is 5. The van der Waals surface area contributed by atoms with Crippen LogP contribution < -0.4 is 10.5 Å². The van der Waals surface area contributed by atoms with Crippen LogP contribution in [-0.2, 0) is 21.2 Å². The number of carbonyl (C=O) groups excluding carboxylic acids is 1. The Labute approximate surface area is 152 Å². The van der Waals surface area contributed by atoms with Gasteiger partial charge in [0, 0.05) is 29.3 Å². The number of carbonyl (C=O) groups is 1. The normalized spacial score (nSPS) is 18.7. The summed E-state index contributed by atoms with van der Waals surface area (Å²) < 4.78 is 25.3. The highest BCUT2D eigenvalue weighted by atomic mass is 32.2. The molecule has 2 heterocycles. The van der Waals surface area contributed by atoms with Gasteiger partial charge in [0.15, 0.2) is 0 Å². The largest absolute Gasteiger partial charge is 0.361 e. The van der Waals surface area contributed by atoms with Crippen LogP contribution >= 0.6 is 0 Å². The summed E-state index contributed by atoms with van der Waals surface area (Å²) in [5.74, 6) is -0.228. The minimum atomic E-state index is -3.37. The van der Waals surface area contributed by atoms with Crippen molar-refractivity contribution in [2.75, 3.05) is 17.5 Å². The summed E-state index contributed by atoms with van der Waals surface area (Å²) in [7, 11) is -3.37. The molecule has 26 heavy (non-hydrogen) atoms. The number of sulfonamides is 1. The molecule has 1 aliphatic rings. The average Bonchev–Trinajstić information content (AvgIpc) is 3.19. The lowest BCUT2D eigenvalue weighted by Gasteiger charge is -2.23. The number of amides is 1. The lowest BCUT2D eigenvalue weighted by atomic mass is 10.0. The number of benzene rings is 1. The first kappa shape index (κ1) is 18.2.